The molecule has 2 saturated heterocycles. The van der Waals surface area contributed by atoms with Gasteiger partial charge >= 0.3 is 0 Å². The van der Waals surface area contributed by atoms with Crippen molar-refractivity contribution < 1.29 is 9.59 Å². The van der Waals surface area contributed by atoms with E-state index in [9.17, 15) is 9.59 Å². The summed E-state index contributed by atoms with van der Waals surface area (Å²) in [5.74, 6) is 1.20. The molecule has 0 bridgehead atoms. The Morgan fingerprint density at radius 2 is 1.97 bits per heavy atom. The molecule has 0 aliphatic carbocycles. The van der Waals surface area contributed by atoms with Crippen molar-refractivity contribution in [2.24, 2.45) is 4.99 Å². The van der Waals surface area contributed by atoms with Crippen molar-refractivity contribution in [2.45, 2.75) is 58.5 Å². The van der Waals surface area contributed by atoms with E-state index in [1.807, 2.05) is 47.9 Å². The first-order chi connectivity index (χ1) is 14.1. The summed E-state index contributed by atoms with van der Waals surface area (Å²) in [4.78, 5) is 32.5. The van der Waals surface area contributed by atoms with Gasteiger partial charge in [-0.05, 0) is 43.9 Å². The highest BCUT2D eigenvalue weighted by molar-refractivity contribution is 5.94. The Balaban J connectivity index is 1.57. The first kappa shape index (κ1) is 21.1. The summed E-state index contributed by atoms with van der Waals surface area (Å²) in [6, 6.07) is 8.35. The van der Waals surface area contributed by atoms with Gasteiger partial charge in [0.2, 0.25) is 11.8 Å². The minimum Gasteiger partial charge on any atom is -0.357 e. The van der Waals surface area contributed by atoms with Gasteiger partial charge in [0.1, 0.15) is 0 Å². The molecule has 1 aromatic carbocycles. The summed E-state index contributed by atoms with van der Waals surface area (Å²) in [5.41, 5.74) is 2.07. The van der Waals surface area contributed by atoms with Gasteiger partial charge in [0.15, 0.2) is 5.96 Å². The van der Waals surface area contributed by atoms with Crippen LogP contribution in [-0.2, 0) is 16.1 Å². The van der Waals surface area contributed by atoms with Crippen LogP contribution in [-0.4, -0.2) is 54.9 Å². The molecule has 29 heavy (non-hydrogen) atoms. The Bertz CT molecular complexity index is 731. The fourth-order valence-corrected chi connectivity index (χ4v) is 3.87. The lowest BCUT2D eigenvalue weighted by Crippen LogP contribution is -2.45. The van der Waals surface area contributed by atoms with Gasteiger partial charge in [0.05, 0.1) is 6.54 Å². The summed E-state index contributed by atoms with van der Waals surface area (Å²) in [6.45, 7) is 7.64. The molecule has 2 heterocycles. The van der Waals surface area contributed by atoms with E-state index in [4.69, 9.17) is 4.99 Å². The molecule has 0 spiro atoms. The van der Waals surface area contributed by atoms with Gasteiger partial charge in [-0.15, -0.1) is 0 Å². The van der Waals surface area contributed by atoms with Gasteiger partial charge in [-0.2, -0.15) is 0 Å². The molecule has 0 saturated carbocycles. The van der Waals surface area contributed by atoms with E-state index in [0.29, 0.717) is 19.4 Å². The van der Waals surface area contributed by atoms with Gasteiger partial charge < -0.3 is 20.4 Å². The zero-order valence-corrected chi connectivity index (χ0v) is 17.6. The molecular weight excluding hydrogens is 366 g/mol. The molecular formula is C22H33N5O2. The molecule has 1 aromatic rings. The maximum atomic E-state index is 12.1. The molecule has 1 atom stereocenters. The molecule has 158 valence electrons. The van der Waals surface area contributed by atoms with E-state index in [2.05, 4.69) is 10.6 Å². The smallest absolute Gasteiger partial charge is 0.226 e. The number of nitrogens with one attached hydrogen (secondary N) is 2. The first-order valence-electron chi connectivity index (χ1n) is 10.8. The molecule has 7 nitrogen and oxygen atoms in total. The van der Waals surface area contributed by atoms with Crippen LogP contribution in [0, 0.1) is 0 Å². The largest absolute Gasteiger partial charge is 0.357 e. The van der Waals surface area contributed by atoms with Gasteiger partial charge in [0.25, 0.3) is 0 Å². The highest BCUT2D eigenvalue weighted by Crippen LogP contribution is 2.21. The third-order valence-electron chi connectivity index (χ3n) is 5.52. The zero-order valence-electron chi connectivity index (χ0n) is 17.6. The molecule has 2 fully saturated rings. The molecule has 2 aliphatic rings. The minimum atomic E-state index is 0.212. The van der Waals surface area contributed by atoms with Gasteiger partial charge in [0, 0.05) is 50.7 Å². The Morgan fingerprint density at radius 1 is 1.17 bits per heavy atom. The van der Waals surface area contributed by atoms with Crippen LogP contribution in [0.4, 0.5) is 5.69 Å². The van der Waals surface area contributed by atoms with Crippen molar-refractivity contribution in [3.63, 3.8) is 0 Å². The lowest BCUT2D eigenvalue weighted by Gasteiger charge is -2.26. The number of carbonyl (C=O) groups excluding carboxylic acids is 2. The molecule has 3 rings (SSSR count). The van der Waals surface area contributed by atoms with Crippen LogP contribution in [0.25, 0.3) is 0 Å². The maximum absolute atomic E-state index is 12.1. The Labute approximate surface area is 173 Å². The molecule has 2 aliphatic heterocycles. The average molecular weight is 400 g/mol. The average Bonchev–Trinajstić information content (AvgIpc) is 3.21. The molecule has 0 radical (unpaired) electrons. The second-order valence-electron chi connectivity index (χ2n) is 7.69. The number of rotatable bonds is 6. The quantitative estimate of drug-likeness (QED) is 0.568. The lowest BCUT2D eigenvalue weighted by molar-refractivity contribution is -0.129. The van der Waals surface area contributed by atoms with Crippen molar-refractivity contribution in [1.82, 2.24) is 15.5 Å². The predicted octanol–water partition coefficient (Wildman–Crippen LogP) is 2.27. The number of carbonyl (C=O) groups is 2. The van der Waals surface area contributed by atoms with E-state index >= 15 is 0 Å². The van der Waals surface area contributed by atoms with E-state index in [-0.39, 0.29) is 17.9 Å². The van der Waals surface area contributed by atoms with Crippen LogP contribution in [0.2, 0.25) is 0 Å². The van der Waals surface area contributed by atoms with Gasteiger partial charge in [-0.25, -0.2) is 4.99 Å². The molecule has 7 heteroatoms. The third kappa shape index (κ3) is 5.71. The first-order valence-corrected chi connectivity index (χ1v) is 10.8. The Hall–Kier alpha value is -2.57. The number of piperidine rings is 1. The third-order valence-corrected chi connectivity index (χ3v) is 5.52. The van der Waals surface area contributed by atoms with Gasteiger partial charge in [-0.1, -0.05) is 19.1 Å². The number of hydrogen-bond acceptors (Lipinski definition) is 3. The summed E-state index contributed by atoms with van der Waals surface area (Å²) in [7, 11) is 0. The molecule has 0 aromatic heterocycles. The number of anilines is 1. The summed E-state index contributed by atoms with van der Waals surface area (Å²) in [5, 5.41) is 6.75. The predicted molar refractivity (Wildman–Crippen MR) is 116 cm³/mol. The second kappa shape index (κ2) is 10.3. The SMILES string of the molecule is CCNC(=NCc1ccc(N2CCCCC2=O)cc1)NC1CCN(C(=O)CC)C1. The number of aliphatic imine (C=N–C) groups is 1. The summed E-state index contributed by atoms with van der Waals surface area (Å²) >= 11 is 0. The monoisotopic (exact) mass is 399 g/mol. The van der Waals surface area contributed by atoms with E-state index in [1.165, 1.54) is 0 Å². The van der Waals surface area contributed by atoms with Crippen LogP contribution >= 0.6 is 0 Å². The number of nitrogens with zero attached hydrogens (tertiary/aromatic N) is 3. The normalized spacial score (nSPS) is 20.1. The van der Waals surface area contributed by atoms with Crippen molar-refractivity contribution in [3.8, 4) is 0 Å². The molecule has 2 amide bonds. The summed E-state index contributed by atoms with van der Waals surface area (Å²) in [6.07, 6.45) is 4.20. The van der Waals surface area contributed by atoms with E-state index < -0.39 is 0 Å². The Kier molecular flexibility index (Phi) is 7.49. The molecule has 1 unspecified atom stereocenters. The highest BCUT2D eigenvalue weighted by Gasteiger charge is 2.25. The highest BCUT2D eigenvalue weighted by atomic mass is 16.2. The van der Waals surface area contributed by atoms with E-state index in [0.717, 1.165) is 62.7 Å². The number of likely N-dealkylation sites (tertiary alicyclic amines) is 1. The minimum absolute atomic E-state index is 0.212. The topological polar surface area (TPSA) is 77.0 Å². The van der Waals surface area contributed by atoms with Crippen LogP contribution in [0.1, 0.15) is 51.5 Å². The number of hydrogen-bond donors (Lipinski definition) is 2. The van der Waals surface area contributed by atoms with Gasteiger partial charge in [-0.3, -0.25) is 9.59 Å². The summed E-state index contributed by atoms with van der Waals surface area (Å²) < 4.78 is 0. The number of guanidine groups is 1. The van der Waals surface area contributed by atoms with Crippen LogP contribution in [0.3, 0.4) is 0 Å². The zero-order chi connectivity index (χ0) is 20.6. The number of amides is 2. The van der Waals surface area contributed by atoms with Crippen molar-refractivity contribution in [2.75, 3.05) is 31.1 Å². The second-order valence-corrected chi connectivity index (χ2v) is 7.69. The number of benzene rings is 1. The fourth-order valence-electron chi connectivity index (χ4n) is 3.87. The molecule has 2 N–H and O–H groups in total. The van der Waals surface area contributed by atoms with Crippen molar-refractivity contribution >= 4 is 23.5 Å². The van der Waals surface area contributed by atoms with Crippen molar-refractivity contribution in [3.05, 3.63) is 29.8 Å². The van der Waals surface area contributed by atoms with Crippen LogP contribution in [0.15, 0.2) is 29.3 Å². The lowest BCUT2D eigenvalue weighted by atomic mass is 10.1. The Morgan fingerprint density at radius 3 is 2.66 bits per heavy atom. The standard InChI is InChI=1S/C22H33N5O2/c1-3-20(28)26-14-12-18(16-26)25-22(23-4-2)24-15-17-8-10-19(11-9-17)27-13-6-5-7-21(27)29/h8-11,18H,3-7,12-16H2,1-2H3,(H2,23,24,25). The van der Waals surface area contributed by atoms with E-state index in [1.54, 1.807) is 0 Å². The van der Waals surface area contributed by atoms with Crippen LogP contribution in [0.5, 0.6) is 0 Å². The van der Waals surface area contributed by atoms with Crippen molar-refractivity contribution in [1.29, 1.82) is 0 Å². The maximum Gasteiger partial charge on any atom is 0.226 e. The van der Waals surface area contributed by atoms with Crippen LogP contribution < -0.4 is 15.5 Å². The fraction of sp³-hybridized carbons (Fsp3) is 0.591.